The number of pyridine rings is 1. The SMILES string of the molecule is Cc1ccc([C@@H](C)n2cc(-c3cncc(-c4ccn5nc(N)nc5c4)n3)cn2)cc1. The maximum absolute atomic E-state index is 5.68. The minimum atomic E-state index is 0.122. The highest BCUT2D eigenvalue weighted by atomic mass is 15.3. The topological polar surface area (TPSA) is 99.8 Å². The van der Waals surface area contributed by atoms with Crippen LogP contribution in [0.25, 0.3) is 28.2 Å². The first kappa shape index (κ1) is 18.0. The molecule has 148 valence electrons. The van der Waals surface area contributed by atoms with Crippen molar-refractivity contribution in [1.29, 1.82) is 0 Å². The molecule has 8 heteroatoms. The van der Waals surface area contributed by atoms with Gasteiger partial charge in [0.1, 0.15) is 0 Å². The lowest BCUT2D eigenvalue weighted by molar-refractivity contribution is 0.564. The Morgan fingerprint density at radius 1 is 0.933 bits per heavy atom. The van der Waals surface area contributed by atoms with E-state index >= 15 is 0 Å². The van der Waals surface area contributed by atoms with Gasteiger partial charge in [-0.25, -0.2) is 9.50 Å². The van der Waals surface area contributed by atoms with Gasteiger partial charge in [0.2, 0.25) is 5.95 Å². The van der Waals surface area contributed by atoms with Crippen LogP contribution in [-0.4, -0.2) is 34.3 Å². The summed E-state index contributed by atoms with van der Waals surface area (Å²) >= 11 is 0. The molecule has 0 aliphatic carbocycles. The maximum atomic E-state index is 5.68. The monoisotopic (exact) mass is 396 g/mol. The van der Waals surface area contributed by atoms with Crippen molar-refractivity contribution < 1.29 is 0 Å². The lowest BCUT2D eigenvalue weighted by Crippen LogP contribution is -2.06. The fraction of sp³-hybridized carbons (Fsp3) is 0.136. The van der Waals surface area contributed by atoms with E-state index < -0.39 is 0 Å². The van der Waals surface area contributed by atoms with Crippen LogP contribution < -0.4 is 5.73 Å². The molecule has 1 atom stereocenters. The Morgan fingerprint density at radius 3 is 2.50 bits per heavy atom. The quantitative estimate of drug-likeness (QED) is 0.499. The van der Waals surface area contributed by atoms with Crippen molar-refractivity contribution in [2.24, 2.45) is 0 Å². The van der Waals surface area contributed by atoms with Gasteiger partial charge in [-0.3, -0.25) is 9.67 Å². The molecule has 0 saturated heterocycles. The lowest BCUT2D eigenvalue weighted by atomic mass is 10.1. The van der Waals surface area contributed by atoms with Gasteiger partial charge in [0, 0.05) is 23.5 Å². The molecule has 30 heavy (non-hydrogen) atoms. The van der Waals surface area contributed by atoms with E-state index in [-0.39, 0.29) is 12.0 Å². The number of fused-ring (bicyclic) bond motifs is 1. The summed E-state index contributed by atoms with van der Waals surface area (Å²) in [6, 6.07) is 12.4. The number of nitrogens with two attached hydrogens (primary N) is 1. The van der Waals surface area contributed by atoms with Crippen LogP contribution in [0.5, 0.6) is 0 Å². The van der Waals surface area contributed by atoms with Crippen molar-refractivity contribution in [1.82, 2.24) is 34.3 Å². The molecule has 0 spiro atoms. The summed E-state index contributed by atoms with van der Waals surface area (Å²) in [5.74, 6) is 0.238. The van der Waals surface area contributed by atoms with Gasteiger partial charge in [-0.05, 0) is 31.5 Å². The maximum Gasteiger partial charge on any atom is 0.240 e. The molecule has 0 radical (unpaired) electrons. The molecule has 0 aliphatic rings. The fourth-order valence-electron chi connectivity index (χ4n) is 3.38. The van der Waals surface area contributed by atoms with E-state index in [1.54, 1.807) is 16.9 Å². The number of aromatic nitrogens is 7. The van der Waals surface area contributed by atoms with Gasteiger partial charge < -0.3 is 5.73 Å². The molecule has 5 aromatic rings. The smallest absolute Gasteiger partial charge is 0.240 e. The molecular formula is C22H20N8. The van der Waals surface area contributed by atoms with Crippen LogP contribution in [0.2, 0.25) is 0 Å². The van der Waals surface area contributed by atoms with Crippen LogP contribution >= 0.6 is 0 Å². The molecule has 0 fully saturated rings. The fourth-order valence-corrected chi connectivity index (χ4v) is 3.38. The van der Waals surface area contributed by atoms with Crippen molar-refractivity contribution in [3.8, 4) is 22.5 Å². The van der Waals surface area contributed by atoms with E-state index in [9.17, 15) is 0 Å². The van der Waals surface area contributed by atoms with Gasteiger partial charge in [0.15, 0.2) is 5.65 Å². The number of hydrogen-bond acceptors (Lipinski definition) is 6. The largest absolute Gasteiger partial charge is 0.366 e. The van der Waals surface area contributed by atoms with Crippen LogP contribution in [0.4, 0.5) is 5.95 Å². The molecule has 4 aromatic heterocycles. The summed E-state index contributed by atoms with van der Waals surface area (Å²) in [7, 11) is 0. The van der Waals surface area contributed by atoms with E-state index in [1.165, 1.54) is 11.1 Å². The number of benzene rings is 1. The van der Waals surface area contributed by atoms with Gasteiger partial charge in [-0.1, -0.05) is 29.8 Å². The van der Waals surface area contributed by atoms with Gasteiger partial charge in [0.05, 0.1) is 36.0 Å². The average molecular weight is 396 g/mol. The summed E-state index contributed by atoms with van der Waals surface area (Å²) in [4.78, 5) is 13.4. The first-order chi connectivity index (χ1) is 14.6. The van der Waals surface area contributed by atoms with Crippen LogP contribution in [0, 0.1) is 6.92 Å². The minimum absolute atomic E-state index is 0.122. The Hall–Kier alpha value is -4.07. The highest BCUT2D eigenvalue weighted by Gasteiger charge is 2.12. The molecule has 0 aliphatic heterocycles. The number of rotatable bonds is 4. The van der Waals surface area contributed by atoms with Crippen LogP contribution in [0.3, 0.4) is 0 Å². The zero-order valence-electron chi connectivity index (χ0n) is 16.6. The van der Waals surface area contributed by atoms with Gasteiger partial charge in [0.25, 0.3) is 0 Å². The first-order valence-corrected chi connectivity index (χ1v) is 9.62. The second-order valence-corrected chi connectivity index (χ2v) is 7.27. The number of nitrogens with zero attached hydrogens (tertiary/aromatic N) is 7. The van der Waals surface area contributed by atoms with Crippen molar-refractivity contribution >= 4 is 11.6 Å². The Bertz CT molecular complexity index is 1330. The molecule has 0 amide bonds. The summed E-state index contributed by atoms with van der Waals surface area (Å²) in [5, 5.41) is 8.65. The summed E-state index contributed by atoms with van der Waals surface area (Å²) in [5.41, 5.74) is 12.1. The van der Waals surface area contributed by atoms with Gasteiger partial charge in [-0.2, -0.15) is 10.1 Å². The van der Waals surface area contributed by atoms with E-state index in [4.69, 9.17) is 10.7 Å². The second kappa shape index (κ2) is 7.07. The normalized spacial score (nSPS) is 12.3. The number of aryl methyl sites for hydroxylation is 1. The summed E-state index contributed by atoms with van der Waals surface area (Å²) < 4.78 is 3.58. The molecule has 8 nitrogen and oxygen atoms in total. The van der Waals surface area contributed by atoms with Crippen LogP contribution in [0.1, 0.15) is 24.1 Å². The zero-order valence-corrected chi connectivity index (χ0v) is 16.6. The highest BCUT2D eigenvalue weighted by Crippen LogP contribution is 2.24. The van der Waals surface area contributed by atoms with E-state index in [0.717, 1.165) is 22.5 Å². The number of nitrogen functional groups attached to an aromatic ring is 1. The number of anilines is 1. The predicted octanol–water partition coefficient (Wildman–Crippen LogP) is 3.55. The Labute approximate surface area is 173 Å². The molecule has 1 aromatic carbocycles. The summed E-state index contributed by atoms with van der Waals surface area (Å²) in [6.07, 6.45) is 9.11. The zero-order chi connectivity index (χ0) is 20.7. The van der Waals surface area contributed by atoms with Crippen molar-refractivity contribution in [2.75, 3.05) is 5.73 Å². The molecule has 0 saturated carbocycles. The van der Waals surface area contributed by atoms with Crippen LogP contribution in [-0.2, 0) is 0 Å². The highest BCUT2D eigenvalue weighted by molar-refractivity contribution is 5.66. The molecular weight excluding hydrogens is 376 g/mol. The molecule has 5 rings (SSSR count). The Morgan fingerprint density at radius 2 is 1.70 bits per heavy atom. The minimum Gasteiger partial charge on any atom is -0.366 e. The third-order valence-corrected chi connectivity index (χ3v) is 5.14. The summed E-state index contributed by atoms with van der Waals surface area (Å²) in [6.45, 7) is 4.21. The number of hydrogen-bond donors (Lipinski definition) is 1. The third kappa shape index (κ3) is 3.28. The van der Waals surface area contributed by atoms with Gasteiger partial charge in [-0.15, -0.1) is 5.10 Å². The van der Waals surface area contributed by atoms with E-state index in [2.05, 4.69) is 58.3 Å². The second-order valence-electron chi connectivity index (χ2n) is 7.27. The van der Waals surface area contributed by atoms with Gasteiger partial charge >= 0.3 is 0 Å². The van der Waals surface area contributed by atoms with Crippen molar-refractivity contribution in [3.05, 3.63) is 78.5 Å². The standard InChI is InChI=1S/C22H20N8/c1-14-3-5-16(6-4-14)15(2)30-13-18(10-25-30)20-12-24-11-19(26-20)17-7-8-29-21(9-17)27-22(23)28-29/h3-13,15H,1-2H3,(H2,23,28)/t15-/m1/s1. The van der Waals surface area contributed by atoms with Crippen molar-refractivity contribution in [3.63, 3.8) is 0 Å². The van der Waals surface area contributed by atoms with E-state index in [0.29, 0.717) is 5.65 Å². The molecule has 4 heterocycles. The van der Waals surface area contributed by atoms with Crippen molar-refractivity contribution in [2.45, 2.75) is 19.9 Å². The first-order valence-electron chi connectivity index (χ1n) is 9.62. The predicted molar refractivity (Wildman–Crippen MR) is 115 cm³/mol. The Kier molecular flexibility index (Phi) is 4.24. The molecule has 0 unspecified atom stereocenters. The van der Waals surface area contributed by atoms with Crippen LogP contribution in [0.15, 0.2) is 67.4 Å². The molecule has 0 bridgehead atoms. The third-order valence-electron chi connectivity index (χ3n) is 5.14. The van der Waals surface area contributed by atoms with E-state index in [1.807, 2.05) is 35.4 Å². The Balaban J connectivity index is 1.46. The molecule has 2 N–H and O–H groups in total. The lowest BCUT2D eigenvalue weighted by Gasteiger charge is -2.12. The average Bonchev–Trinajstić information content (AvgIpc) is 3.39.